The van der Waals surface area contributed by atoms with Crippen molar-refractivity contribution in [2.45, 2.75) is 71.3 Å². The Kier molecular flexibility index (Phi) is 6.09. The predicted octanol–water partition coefficient (Wildman–Crippen LogP) is 4.45. The van der Waals surface area contributed by atoms with E-state index in [-0.39, 0.29) is 11.3 Å². The normalized spacial score (nSPS) is 17.6. The summed E-state index contributed by atoms with van der Waals surface area (Å²) >= 11 is 0. The van der Waals surface area contributed by atoms with Crippen LogP contribution in [0, 0.1) is 5.92 Å². The molecule has 0 aliphatic heterocycles. The van der Waals surface area contributed by atoms with Gasteiger partial charge in [-0.2, -0.15) is 0 Å². The van der Waals surface area contributed by atoms with Gasteiger partial charge in [-0.25, -0.2) is 0 Å². The minimum absolute atomic E-state index is 0.0181. The Morgan fingerprint density at radius 1 is 1.17 bits per heavy atom. The number of rotatable bonds is 5. The van der Waals surface area contributed by atoms with E-state index in [4.69, 9.17) is 4.74 Å². The molecule has 0 aromatic heterocycles. The molecule has 0 heterocycles. The van der Waals surface area contributed by atoms with Gasteiger partial charge < -0.3 is 10.1 Å². The lowest BCUT2D eigenvalue weighted by atomic mass is 9.87. The molecule has 3 nitrogen and oxygen atoms in total. The van der Waals surface area contributed by atoms with E-state index < -0.39 is 6.10 Å². The lowest BCUT2D eigenvalue weighted by molar-refractivity contribution is -0.127. The van der Waals surface area contributed by atoms with Gasteiger partial charge in [0.2, 0.25) is 0 Å². The Hall–Kier alpha value is -1.51. The summed E-state index contributed by atoms with van der Waals surface area (Å²) < 4.78 is 5.77. The maximum Gasteiger partial charge on any atom is 0.260 e. The van der Waals surface area contributed by atoms with Crippen LogP contribution < -0.4 is 10.1 Å². The van der Waals surface area contributed by atoms with E-state index in [1.807, 2.05) is 19.1 Å². The van der Waals surface area contributed by atoms with Crippen molar-refractivity contribution in [3.63, 3.8) is 0 Å². The van der Waals surface area contributed by atoms with Crippen molar-refractivity contribution in [2.75, 3.05) is 6.54 Å². The number of hydrogen-bond acceptors (Lipinski definition) is 2. The molecule has 1 saturated carbocycles. The minimum Gasteiger partial charge on any atom is -0.481 e. The lowest BCUT2D eigenvalue weighted by Crippen LogP contribution is -2.39. The second kappa shape index (κ2) is 7.85. The fourth-order valence-corrected chi connectivity index (χ4v) is 3.07. The van der Waals surface area contributed by atoms with Crippen LogP contribution >= 0.6 is 0 Å². The highest BCUT2D eigenvalue weighted by molar-refractivity contribution is 5.80. The van der Waals surface area contributed by atoms with Crippen LogP contribution in [0.4, 0.5) is 0 Å². The van der Waals surface area contributed by atoms with E-state index in [1.54, 1.807) is 0 Å². The first kappa shape index (κ1) is 17.8. The van der Waals surface area contributed by atoms with Crippen molar-refractivity contribution in [1.82, 2.24) is 5.32 Å². The Morgan fingerprint density at radius 3 is 2.35 bits per heavy atom. The molecule has 1 fully saturated rings. The van der Waals surface area contributed by atoms with Gasteiger partial charge in [0.15, 0.2) is 6.10 Å². The van der Waals surface area contributed by atoms with E-state index in [2.05, 4.69) is 38.2 Å². The maximum absolute atomic E-state index is 12.2. The fraction of sp³-hybridized carbons (Fsp3) is 0.650. The van der Waals surface area contributed by atoms with Crippen LogP contribution in [0.1, 0.15) is 65.4 Å². The molecular formula is C20H31NO2. The molecule has 2 rings (SSSR count). The zero-order valence-corrected chi connectivity index (χ0v) is 15.0. The predicted molar refractivity (Wildman–Crippen MR) is 94.8 cm³/mol. The summed E-state index contributed by atoms with van der Waals surface area (Å²) in [6.45, 7) is 9.15. The van der Waals surface area contributed by atoms with Gasteiger partial charge in [0, 0.05) is 6.54 Å². The van der Waals surface area contributed by atoms with Gasteiger partial charge in [-0.05, 0) is 48.8 Å². The molecule has 0 unspecified atom stereocenters. The molecule has 1 aromatic rings. The monoisotopic (exact) mass is 317 g/mol. The molecule has 1 atom stereocenters. The second-order valence-corrected chi connectivity index (χ2v) is 7.78. The molecular weight excluding hydrogens is 286 g/mol. The number of ether oxygens (including phenoxy) is 1. The summed E-state index contributed by atoms with van der Waals surface area (Å²) in [5, 5.41) is 3.04. The molecule has 23 heavy (non-hydrogen) atoms. The van der Waals surface area contributed by atoms with E-state index in [9.17, 15) is 4.79 Å². The van der Waals surface area contributed by atoms with Crippen molar-refractivity contribution in [3.8, 4) is 5.75 Å². The summed E-state index contributed by atoms with van der Waals surface area (Å²) in [6.07, 6.45) is 5.96. The van der Waals surface area contributed by atoms with Crippen LogP contribution in [0.2, 0.25) is 0 Å². The highest BCUT2D eigenvalue weighted by atomic mass is 16.5. The Balaban J connectivity index is 1.80. The molecule has 1 amide bonds. The molecule has 1 N–H and O–H groups in total. The largest absolute Gasteiger partial charge is 0.481 e. The summed E-state index contributed by atoms with van der Waals surface area (Å²) in [4.78, 5) is 12.2. The van der Waals surface area contributed by atoms with Gasteiger partial charge in [0.1, 0.15) is 5.75 Å². The number of carbonyl (C=O) groups is 1. The topological polar surface area (TPSA) is 38.3 Å². The Bertz CT molecular complexity index is 495. The number of carbonyl (C=O) groups excluding carboxylic acids is 1. The molecule has 0 spiro atoms. The van der Waals surface area contributed by atoms with Crippen LogP contribution in [-0.4, -0.2) is 18.6 Å². The molecule has 3 heteroatoms. The van der Waals surface area contributed by atoms with E-state index in [1.165, 1.54) is 37.7 Å². The van der Waals surface area contributed by atoms with Gasteiger partial charge in [-0.15, -0.1) is 0 Å². The molecule has 1 aliphatic rings. The van der Waals surface area contributed by atoms with E-state index in [0.29, 0.717) is 5.92 Å². The number of hydrogen-bond donors (Lipinski definition) is 1. The highest BCUT2D eigenvalue weighted by Gasteiger charge is 2.19. The third-order valence-corrected chi connectivity index (χ3v) is 4.69. The van der Waals surface area contributed by atoms with Gasteiger partial charge in [0.25, 0.3) is 5.91 Å². The molecule has 0 radical (unpaired) electrons. The average Bonchev–Trinajstić information content (AvgIpc) is 2.53. The quantitative estimate of drug-likeness (QED) is 0.871. The molecule has 128 valence electrons. The van der Waals surface area contributed by atoms with Gasteiger partial charge in [0.05, 0.1) is 0 Å². The lowest BCUT2D eigenvalue weighted by Gasteiger charge is -2.23. The molecule has 0 saturated heterocycles. The third kappa shape index (κ3) is 5.56. The fourth-order valence-electron chi connectivity index (χ4n) is 3.07. The summed E-state index contributed by atoms with van der Waals surface area (Å²) in [5.41, 5.74) is 1.39. The van der Waals surface area contributed by atoms with Gasteiger partial charge in [-0.3, -0.25) is 4.79 Å². The summed E-state index contributed by atoms with van der Waals surface area (Å²) in [7, 11) is 0. The second-order valence-electron chi connectivity index (χ2n) is 7.78. The van der Waals surface area contributed by atoms with Gasteiger partial charge in [-0.1, -0.05) is 52.2 Å². The summed E-state index contributed by atoms with van der Waals surface area (Å²) in [6, 6.07) is 8.04. The Morgan fingerprint density at radius 2 is 1.78 bits per heavy atom. The summed E-state index contributed by atoms with van der Waals surface area (Å²) in [5.74, 6) is 1.37. The smallest absolute Gasteiger partial charge is 0.260 e. The number of benzene rings is 1. The SMILES string of the molecule is C[C@@H](Oc1ccc(C(C)(C)C)cc1)C(=O)NCC1CCCCC1. The van der Waals surface area contributed by atoms with Crippen LogP contribution in [0.15, 0.2) is 24.3 Å². The van der Waals surface area contributed by atoms with Gasteiger partial charge >= 0.3 is 0 Å². The highest BCUT2D eigenvalue weighted by Crippen LogP contribution is 2.25. The first-order chi connectivity index (χ1) is 10.9. The minimum atomic E-state index is -0.459. The molecule has 1 aliphatic carbocycles. The van der Waals surface area contributed by atoms with Crippen LogP contribution in [-0.2, 0) is 10.2 Å². The van der Waals surface area contributed by atoms with Crippen molar-refractivity contribution in [3.05, 3.63) is 29.8 Å². The maximum atomic E-state index is 12.2. The first-order valence-electron chi connectivity index (χ1n) is 8.91. The van der Waals surface area contributed by atoms with Crippen molar-refractivity contribution in [2.24, 2.45) is 5.92 Å². The van der Waals surface area contributed by atoms with Crippen LogP contribution in [0.3, 0.4) is 0 Å². The van der Waals surface area contributed by atoms with Crippen molar-refractivity contribution in [1.29, 1.82) is 0 Å². The zero-order chi connectivity index (χ0) is 16.9. The van der Waals surface area contributed by atoms with Crippen molar-refractivity contribution >= 4 is 5.91 Å². The van der Waals surface area contributed by atoms with E-state index >= 15 is 0 Å². The first-order valence-corrected chi connectivity index (χ1v) is 8.91. The standard InChI is InChI=1S/C20H31NO2/c1-15(19(22)21-14-16-8-6-5-7-9-16)23-18-12-10-17(11-13-18)20(2,3)4/h10-13,15-16H,5-9,14H2,1-4H3,(H,21,22)/t15-/m1/s1. The number of amides is 1. The van der Waals surface area contributed by atoms with Crippen LogP contribution in [0.5, 0.6) is 5.75 Å². The number of nitrogens with one attached hydrogen (secondary N) is 1. The average molecular weight is 317 g/mol. The third-order valence-electron chi connectivity index (χ3n) is 4.69. The zero-order valence-electron chi connectivity index (χ0n) is 15.0. The van der Waals surface area contributed by atoms with Crippen molar-refractivity contribution < 1.29 is 9.53 Å². The van der Waals surface area contributed by atoms with E-state index in [0.717, 1.165) is 12.3 Å². The molecule has 0 bridgehead atoms. The Labute approximate surface area is 140 Å². The molecule has 1 aromatic carbocycles. The van der Waals surface area contributed by atoms with Crippen LogP contribution in [0.25, 0.3) is 0 Å².